The summed E-state index contributed by atoms with van der Waals surface area (Å²) in [7, 11) is 1.65. The van der Waals surface area contributed by atoms with Gasteiger partial charge in [-0.3, -0.25) is 14.7 Å². The van der Waals surface area contributed by atoms with Gasteiger partial charge in [0.25, 0.3) is 5.91 Å². The first-order valence-corrected chi connectivity index (χ1v) is 11.0. The fourth-order valence-corrected chi connectivity index (χ4v) is 4.35. The Labute approximate surface area is 196 Å². The van der Waals surface area contributed by atoms with Crippen molar-refractivity contribution in [2.24, 2.45) is 0 Å². The van der Waals surface area contributed by atoms with Crippen LogP contribution >= 0.6 is 0 Å². The molecule has 0 atom stereocenters. The molecule has 5 aromatic rings. The van der Waals surface area contributed by atoms with Gasteiger partial charge in [-0.2, -0.15) is 0 Å². The monoisotopic (exact) mass is 444 g/mol. The van der Waals surface area contributed by atoms with E-state index in [1.807, 2.05) is 78.9 Å². The van der Waals surface area contributed by atoms with Crippen molar-refractivity contribution in [1.82, 2.24) is 15.0 Å². The molecule has 0 aliphatic carbocycles. The van der Waals surface area contributed by atoms with Gasteiger partial charge in [0.1, 0.15) is 11.6 Å². The summed E-state index contributed by atoms with van der Waals surface area (Å²) in [6.45, 7) is 0.469. The van der Waals surface area contributed by atoms with Crippen LogP contribution in [0.2, 0.25) is 0 Å². The van der Waals surface area contributed by atoms with E-state index in [1.165, 1.54) is 0 Å². The highest BCUT2D eigenvalue weighted by atomic mass is 16.5. The van der Waals surface area contributed by atoms with E-state index in [-0.39, 0.29) is 5.91 Å². The molecular weight excluding hydrogens is 424 g/mol. The highest BCUT2D eigenvalue weighted by Gasteiger charge is 2.30. The van der Waals surface area contributed by atoms with Crippen LogP contribution in [0.4, 0.5) is 5.82 Å². The van der Waals surface area contributed by atoms with E-state index in [0.717, 1.165) is 38.9 Å². The Morgan fingerprint density at radius 2 is 1.71 bits per heavy atom. The quantitative estimate of drug-likeness (QED) is 0.365. The normalized spacial score (nSPS) is 12.7. The number of rotatable bonds is 4. The van der Waals surface area contributed by atoms with Crippen molar-refractivity contribution in [3.05, 3.63) is 102 Å². The lowest BCUT2D eigenvalue weighted by Crippen LogP contribution is -2.24. The molecule has 3 aromatic carbocycles. The third-order valence-electron chi connectivity index (χ3n) is 6.08. The maximum Gasteiger partial charge on any atom is 0.260 e. The van der Waals surface area contributed by atoms with Gasteiger partial charge in [0.15, 0.2) is 5.82 Å². The molecule has 1 amide bonds. The minimum absolute atomic E-state index is 0.0560. The maximum atomic E-state index is 13.4. The first-order valence-electron chi connectivity index (χ1n) is 11.0. The van der Waals surface area contributed by atoms with Crippen molar-refractivity contribution >= 4 is 22.6 Å². The molecule has 1 aliphatic heterocycles. The second kappa shape index (κ2) is 8.08. The fraction of sp³-hybridized carbons (Fsp3) is 0.0714. The molecule has 0 spiro atoms. The summed E-state index contributed by atoms with van der Waals surface area (Å²) in [5.74, 6) is 1.86. The van der Waals surface area contributed by atoms with E-state index in [9.17, 15) is 4.79 Å². The van der Waals surface area contributed by atoms with Crippen LogP contribution in [0, 0.1) is 0 Å². The Morgan fingerprint density at radius 1 is 0.853 bits per heavy atom. The number of amides is 1. The number of carbonyl (C=O) groups is 1. The summed E-state index contributed by atoms with van der Waals surface area (Å²) in [6.07, 6.45) is 3.45. The van der Waals surface area contributed by atoms with Gasteiger partial charge >= 0.3 is 0 Å². The van der Waals surface area contributed by atoms with Crippen LogP contribution < -0.4 is 9.64 Å². The van der Waals surface area contributed by atoms with Crippen molar-refractivity contribution in [1.29, 1.82) is 0 Å². The van der Waals surface area contributed by atoms with E-state index in [1.54, 1.807) is 24.4 Å². The number of pyridine rings is 1. The zero-order valence-electron chi connectivity index (χ0n) is 18.5. The van der Waals surface area contributed by atoms with E-state index >= 15 is 0 Å². The number of hydrogen-bond donors (Lipinski definition) is 0. The van der Waals surface area contributed by atoms with Gasteiger partial charge in [-0.05, 0) is 59.2 Å². The predicted octanol–water partition coefficient (Wildman–Crippen LogP) is 5.53. The summed E-state index contributed by atoms with van der Waals surface area (Å²) in [5.41, 5.74) is 5.27. The molecule has 2 aromatic heterocycles. The van der Waals surface area contributed by atoms with Gasteiger partial charge < -0.3 is 4.74 Å². The molecule has 3 heterocycles. The number of hydrogen-bond acceptors (Lipinski definition) is 5. The molecular formula is C28H20N4O2. The Kier molecular flexibility index (Phi) is 4.77. The average molecular weight is 444 g/mol. The molecule has 0 fully saturated rings. The minimum Gasteiger partial charge on any atom is -0.497 e. The lowest BCUT2D eigenvalue weighted by Gasteiger charge is -2.18. The van der Waals surface area contributed by atoms with E-state index < -0.39 is 0 Å². The van der Waals surface area contributed by atoms with Crippen molar-refractivity contribution < 1.29 is 9.53 Å². The largest absolute Gasteiger partial charge is 0.497 e. The first-order chi connectivity index (χ1) is 16.7. The lowest BCUT2D eigenvalue weighted by atomic mass is 10.0. The van der Waals surface area contributed by atoms with Crippen molar-refractivity contribution in [3.63, 3.8) is 0 Å². The van der Waals surface area contributed by atoms with Crippen LogP contribution in [0.1, 0.15) is 15.9 Å². The molecule has 6 rings (SSSR count). The molecule has 1 aliphatic rings. The fourth-order valence-electron chi connectivity index (χ4n) is 4.35. The summed E-state index contributed by atoms with van der Waals surface area (Å²) < 4.78 is 5.40. The average Bonchev–Trinajstić information content (AvgIpc) is 3.24. The van der Waals surface area contributed by atoms with Crippen LogP contribution in [-0.2, 0) is 6.54 Å². The van der Waals surface area contributed by atoms with E-state index in [4.69, 9.17) is 14.7 Å². The number of nitrogens with zero attached hydrogens (tertiary/aromatic N) is 4. The summed E-state index contributed by atoms with van der Waals surface area (Å²) >= 11 is 0. The van der Waals surface area contributed by atoms with Crippen LogP contribution in [0.3, 0.4) is 0 Å². The minimum atomic E-state index is -0.0560. The number of aromatic nitrogens is 3. The predicted molar refractivity (Wildman–Crippen MR) is 132 cm³/mol. The van der Waals surface area contributed by atoms with Crippen LogP contribution in [0.15, 0.2) is 91.3 Å². The second-order valence-corrected chi connectivity index (χ2v) is 8.12. The van der Waals surface area contributed by atoms with E-state index in [2.05, 4.69) is 4.98 Å². The SMILES string of the molecule is COc1cccc(-c2ccc3nc(-c4cccnc4)nc(N4Cc5ccccc5C4=O)c3c2)c1. The molecule has 0 N–H and O–H groups in total. The van der Waals surface area contributed by atoms with Crippen LogP contribution in [0.5, 0.6) is 5.75 Å². The first kappa shape index (κ1) is 20.1. The smallest absolute Gasteiger partial charge is 0.260 e. The van der Waals surface area contributed by atoms with Crippen LogP contribution in [0.25, 0.3) is 33.4 Å². The molecule has 0 saturated carbocycles. The summed E-state index contributed by atoms with van der Waals surface area (Å²) in [6, 6.07) is 25.4. The van der Waals surface area contributed by atoms with Crippen molar-refractivity contribution in [3.8, 4) is 28.3 Å². The van der Waals surface area contributed by atoms with Gasteiger partial charge in [-0.25, -0.2) is 9.97 Å². The Morgan fingerprint density at radius 3 is 2.53 bits per heavy atom. The molecule has 0 unspecified atom stereocenters. The highest BCUT2D eigenvalue weighted by molar-refractivity contribution is 6.13. The third-order valence-corrected chi connectivity index (χ3v) is 6.08. The van der Waals surface area contributed by atoms with Crippen molar-refractivity contribution in [2.45, 2.75) is 6.54 Å². The number of ether oxygens (including phenoxy) is 1. The van der Waals surface area contributed by atoms with Gasteiger partial charge in [-0.15, -0.1) is 0 Å². The number of carbonyl (C=O) groups excluding carboxylic acids is 1. The number of anilines is 1. The van der Waals surface area contributed by atoms with Gasteiger partial charge in [-0.1, -0.05) is 36.4 Å². The van der Waals surface area contributed by atoms with Crippen molar-refractivity contribution in [2.75, 3.05) is 12.0 Å². The van der Waals surface area contributed by atoms with Crippen LogP contribution in [-0.4, -0.2) is 28.0 Å². The number of fused-ring (bicyclic) bond motifs is 2. The summed E-state index contributed by atoms with van der Waals surface area (Å²) in [4.78, 5) is 29.0. The molecule has 34 heavy (non-hydrogen) atoms. The molecule has 6 nitrogen and oxygen atoms in total. The van der Waals surface area contributed by atoms with Gasteiger partial charge in [0, 0.05) is 28.9 Å². The highest BCUT2D eigenvalue weighted by Crippen LogP contribution is 2.35. The zero-order valence-corrected chi connectivity index (χ0v) is 18.5. The summed E-state index contributed by atoms with van der Waals surface area (Å²) in [5, 5.41) is 0.814. The Hall–Kier alpha value is -4.58. The third kappa shape index (κ3) is 3.36. The Bertz CT molecular complexity index is 1550. The molecule has 6 heteroatoms. The lowest BCUT2D eigenvalue weighted by molar-refractivity contribution is 0.0996. The second-order valence-electron chi connectivity index (χ2n) is 8.12. The molecule has 0 radical (unpaired) electrons. The number of methoxy groups -OCH3 is 1. The van der Waals surface area contributed by atoms with E-state index in [0.29, 0.717) is 23.8 Å². The molecule has 0 bridgehead atoms. The topological polar surface area (TPSA) is 68.2 Å². The molecule has 164 valence electrons. The zero-order chi connectivity index (χ0) is 23.1. The van der Waals surface area contributed by atoms with Gasteiger partial charge in [0.2, 0.25) is 0 Å². The van der Waals surface area contributed by atoms with Gasteiger partial charge in [0.05, 0.1) is 19.2 Å². The standard InChI is InChI=1S/C28H20N4O2/c1-34-22-9-4-7-18(14-22)19-11-12-25-24(15-19)27(31-26(30-25)20-8-5-13-29-16-20)32-17-21-6-2-3-10-23(21)28(32)33/h2-16H,17H2,1H3. The number of benzene rings is 3. The maximum absolute atomic E-state index is 13.4. The Balaban J connectivity index is 1.56. The molecule has 0 saturated heterocycles.